The van der Waals surface area contributed by atoms with Crippen LogP contribution in [0, 0.1) is 23.7 Å². The van der Waals surface area contributed by atoms with Gasteiger partial charge in [0, 0.05) is 34.6 Å². The van der Waals surface area contributed by atoms with Gasteiger partial charge in [-0.05, 0) is 77.9 Å². The van der Waals surface area contributed by atoms with Gasteiger partial charge in [-0.25, -0.2) is 0 Å². The Morgan fingerprint density at radius 3 is 2.13 bits per heavy atom. The van der Waals surface area contributed by atoms with Gasteiger partial charge >= 0.3 is 0 Å². The number of hydrogen-bond acceptors (Lipinski definition) is 8. The molecule has 0 bridgehead atoms. The second-order valence-electron chi connectivity index (χ2n) is 15.8. The molecule has 5 aromatic rings. The normalized spacial score (nSPS) is 24.6. The van der Waals surface area contributed by atoms with Crippen molar-refractivity contribution in [2.75, 3.05) is 26.2 Å². The number of ketones is 2. The van der Waals surface area contributed by atoms with E-state index < -0.39 is 35.0 Å². The summed E-state index contributed by atoms with van der Waals surface area (Å²) < 4.78 is 16.8. The Balaban J connectivity index is 1.14. The Bertz CT molecular complexity index is 2630. The number of phenols is 1. The van der Waals surface area contributed by atoms with Crippen LogP contribution in [0.15, 0.2) is 139 Å². The third kappa shape index (κ3) is 6.06. The lowest BCUT2D eigenvalue weighted by molar-refractivity contribution is -0.135. The van der Waals surface area contributed by atoms with Gasteiger partial charge in [0.15, 0.2) is 11.6 Å². The van der Waals surface area contributed by atoms with E-state index in [1.54, 1.807) is 38.5 Å². The van der Waals surface area contributed by atoms with Crippen LogP contribution in [0.3, 0.4) is 0 Å². The molecule has 1 saturated heterocycles. The molecule has 60 heavy (non-hydrogen) atoms. The first-order valence-corrected chi connectivity index (χ1v) is 20.1. The Morgan fingerprint density at radius 1 is 0.717 bits per heavy atom. The number of imide groups is 1. The van der Waals surface area contributed by atoms with E-state index in [2.05, 4.69) is 0 Å². The first kappa shape index (κ1) is 38.5. The number of amides is 2. The van der Waals surface area contributed by atoms with Gasteiger partial charge in [0.2, 0.25) is 11.8 Å². The number of hydrogen-bond donors (Lipinski definition) is 1. The van der Waals surface area contributed by atoms with Crippen molar-refractivity contribution in [1.82, 2.24) is 0 Å². The highest BCUT2D eigenvalue weighted by Crippen LogP contribution is 2.64. The molecule has 1 aliphatic heterocycles. The molecule has 2 fully saturated rings. The summed E-state index contributed by atoms with van der Waals surface area (Å²) in [5, 5.41) is 10.6. The second kappa shape index (κ2) is 15.3. The summed E-state index contributed by atoms with van der Waals surface area (Å²) in [6.07, 6.45) is 7.80. The predicted molar refractivity (Wildman–Crippen MR) is 229 cm³/mol. The SMILES string of the molecule is COc1ccc(OC)c(C=Cc2ccc(N3C(=O)[C@H]4[C@H](CC=C5[C@H]4C[C@H]4C(=O)C(c6ccccc6)=CC(=O)[C@@]4(c4ccccc4)[C@H]5c4ccc(O)cc4OC)C3=O)cc2)c1. The number of rotatable bonds is 9. The highest BCUT2D eigenvalue weighted by atomic mass is 16.5. The second-order valence-corrected chi connectivity index (χ2v) is 15.8. The number of anilines is 1. The number of aromatic hydroxyl groups is 1. The summed E-state index contributed by atoms with van der Waals surface area (Å²) >= 11 is 0. The Morgan fingerprint density at radius 2 is 1.43 bits per heavy atom. The minimum atomic E-state index is -1.42. The quantitative estimate of drug-likeness (QED) is 0.0895. The fourth-order valence-electron chi connectivity index (χ4n) is 10.3. The van der Waals surface area contributed by atoms with Crippen molar-refractivity contribution in [2.24, 2.45) is 23.7 Å². The molecule has 1 N–H and O–H groups in total. The van der Waals surface area contributed by atoms with Gasteiger partial charge < -0.3 is 19.3 Å². The van der Waals surface area contributed by atoms with E-state index in [0.29, 0.717) is 45.2 Å². The summed E-state index contributed by atoms with van der Waals surface area (Å²) in [6, 6.07) is 36.2. The third-order valence-corrected chi connectivity index (χ3v) is 12.9. The number of ether oxygens (including phenoxy) is 3. The van der Waals surface area contributed by atoms with E-state index in [1.165, 1.54) is 24.2 Å². The van der Waals surface area contributed by atoms with Crippen LogP contribution in [0.25, 0.3) is 17.7 Å². The molecular formula is C51H43NO8. The van der Waals surface area contributed by atoms with Gasteiger partial charge in [0.25, 0.3) is 0 Å². The van der Waals surface area contributed by atoms with Crippen molar-refractivity contribution < 1.29 is 38.5 Å². The number of allylic oxidation sites excluding steroid dienone is 4. The molecule has 9 nitrogen and oxygen atoms in total. The van der Waals surface area contributed by atoms with Crippen molar-refractivity contribution in [1.29, 1.82) is 0 Å². The maximum Gasteiger partial charge on any atom is 0.238 e. The summed E-state index contributed by atoms with van der Waals surface area (Å²) in [4.78, 5) is 61.1. The van der Waals surface area contributed by atoms with E-state index in [-0.39, 0.29) is 42.0 Å². The van der Waals surface area contributed by atoms with Gasteiger partial charge in [-0.15, -0.1) is 0 Å². The first-order valence-electron chi connectivity index (χ1n) is 20.1. The van der Waals surface area contributed by atoms with Crippen LogP contribution >= 0.6 is 0 Å². The number of methoxy groups -OCH3 is 3. The predicted octanol–water partition coefficient (Wildman–Crippen LogP) is 8.62. The van der Waals surface area contributed by atoms with Crippen LogP contribution < -0.4 is 19.1 Å². The number of carbonyl (C=O) groups excluding carboxylic acids is 4. The molecule has 1 heterocycles. The Kier molecular flexibility index (Phi) is 9.83. The average molecular weight is 798 g/mol. The monoisotopic (exact) mass is 797 g/mol. The Labute approximate surface area is 348 Å². The van der Waals surface area contributed by atoms with Crippen molar-refractivity contribution in [3.63, 3.8) is 0 Å². The minimum Gasteiger partial charge on any atom is -0.508 e. The van der Waals surface area contributed by atoms with Crippen LogP contribution in [0.5, 0.6) is 23.0 Å². The maximum absolute atomic E-state index is 15.3. The standard InChI is InChI=1S/C51H43NO8/c1-58-36-21-25-43(59-2)32(26-36)17-14-30-15-18-34(19-16-30)52-49(56)39-24-23-37-41(46(39)50(52)57)28-42-48(55)40(31-10-6-4-7-11-31)29-45(54)51(42,33-12-8-5-9-13-33)47(37)38-22-20-35(53)27-44(38)60-3/h4-23,25-27,29,39,41-42,46-47,53H,24,28H2,1-3H3/t39-,41+,42-,46-,47+,51-/m0/s1. The van der Waals surface area contributed by atoms with E-state index >= 15 is 9.59 Å². The highest BCUT2D eigenvalue weighted by molar-refractivity contribution is 6.32. The van der Waals surface area contributed by atoms with Gasteiger partial charge in [-0.3, -0.25) is 24.1 Å². The van der Waals surface area contributed by atoms with E-state index in [1.807, 2.05) is 109 Å². The molecule has 3 aliphatic carbocycles. The van der Waals surface area contributed by atoms with Crippen LogP contribution in [0.1, 0.15) is 46.6 Å². The van der Waals surface area contributed by atoms with E-state index in [9.17, 15) is 14.7 Å². The van der Waals surface area contributed by atoms with Crippen molar-refractivity contribution >= 4 is 46.8 Å². The lowest BCUT2D eigenvalue weighted by Crippen LogP contribution is -2.58. The minimum absolute atomic E-state index is 0.0167. The smallest absolute Gasteiger partial charge is 0.238 e. The molecule has 5 aromatic carbocycles. The molecule has 6 atom stereocenters. The summed E-state index contributed by atoms with van der Waals surface area (Å²) in [5.74, 6) is -2.98. The number of benzene rings is 5. The lowest BCUT2D eigenvalue weighted by atomic mass is 9.44. The fraction of sp³-hybridized carbons (Fsp3) is 0.216. The number of carbonyl (C=O) groups is 4. The number of fused-ring (bicyclic) bond motifs is 4. The molecule has 4 aliphatic rings. The largest absolute Gasteiger partial charge is 0.508 e. The van der Waals surface area contributed by atoms with Crippen molar-refractivity contribution in [3.05, 3.63) is 167 Å². The molecule has 300 valence electrons. The molecule has 9 rings (SSSR count). The molecule has 0 unspecified atom stereocenters. The van der Waals surface area contributed by atoms with E-state index in [4.69, 9.17) is 14.2 Å². The van der Waals surface area contributed by atoms with Crippen molar-refractivity contribution in [2.45, 2.75) is 24.2 Å². The summed E-state index contributed by atoms with van der Waals surface area (Å²) in [6.45, 7) is 0. The zero-order valence-corrected chi connectivity index (χ0v) is 33.4. The molecule has 0 radical (unpaired) electrons. The summed E-state index contributed by atoms with van der Waals surface area (Å²) in [5.41, 5.74) is 3.78. The van der Waals surface area contributed by atoms with E-state index in [0.717, 1.165) is 16.7 Å². The zero-order chi connectivity index (χ0) is 41.7. The van der Waals surface area contributed by atoms with Crippen LogP contribution in [-0.4, -0.2) is 49.8 Å². The molecule has 9 heteroatoms. The maximum atomic E-state index is 15.3. The molecule has 2 amide bonds. The zero-order valence-electron chi connectivity index (χ0n) is 33.4. The Hall–Kier alpha value is -7.00. The van der Waals surface area contributed by atoms with Gasteiger partial charge in [0.1, 0.15) is 23.0 Å². The average Bonchev–Trinajstić information content (AvgIpc) is 3.55. The molecule has 0 spiro atoms. The molecule has 1 saturated carbocycles. The topological polar surface area (TPSA) is 119 Å². The van der Waals surface area contributed by atoms with Crippen LogP contribution in [-0.2, 0) is 24.6 Å². The van der Waals surface area contributed by atoms with Gasteiger partial charge in [-0.1, -0.05) is 103 Å². The first-order chi connectivity index (χ1) is 29.2. The number of Topliss-reactive ketones (excluding diaryl/α,β-unsaturated/α-hetero) is 1. The highest BCUT2D eigenvalue weighted by Gasteiger charge is 2.66. The van der Waals surface area contributed by atoms with Crippen LogP contribution in [0.4, 0.5) is 5.69 Å². The van der Waals surface area contributed by atoms with Gasteiger partial charge in [-0.2, -0.15) is 0 Å². The fourth-order valence-corrected chi connectivity index (χ4v) is 10.3. The number of nitrogens with zero attached hydrogens (tertiary/aromatic N) is 1. The molecule has 0 aromatic heterocycles. The lowest BCUT2D eigenvalue weighted by Gasteiger charge is -2.55. The van der Waals surface area contributed by atoms with Crippen molar-refractivity contribution in [3.8, 4) is 23.0 Å². The van der Waals surface area contributed by atoms with Crippen LogP contribution in [0.2, 0.25) is 0 Å². The number of phenolic OH excluding ortho intramolecular Hbond substituents is 1. The third-order valence-electron chi connectivity index (χ3n) is 12.9. The summed E-state index contributed by atoms with van der Waals surface area (Å²) in [7, 11) is 4.72. The molecular weight excluding hydrogens is 755 g/mol. The van der Waals surface area contributed by atoms with Gasteiger partial charge in [0.05, 0.1) is 44.3 Å².